The third kappa shape index (κ3) is 7.33. The summed E-state index contributed by atoms with van der Waals surface area (Å²) in [5.74, 6) is 1.58. The number of rotatable bonds is 7. The predicted molar refractivity (Wildman–Crippen MR) is 108 cm³/mol. The van der Waals surface area contributed by atoms with Gasteiger partial charge in [-0.15, -0.1) is 24.0 Å². The van der Waals surface area contributed by atoms with Gasteiger partial charge in [-0.25, -0.2) is 0 Å². The smallest absolute Gasteiger partial charge is 0.191 e. The van der Waals surface area contributed by atoms with Crippen LogP contribution in [0.1, 0.15) is 32.3 Å². The summed E-state index contributed by atoms with van der Waals surface area (Å²) < 4.78 is 0. The van der Waals surface area contributed by atoms with Crippen molar-refractivity contribution in [2.24, 2.45) is 10.9 Å². The van der Waals surface area contributed by atoms with Crippen LogP contribution in [-0.2, 0) is 6.54 Å². The SMILES string of the molecule is CCC(CC)CNC(=NC)NCc1ccc(N(C)C)cc1.I. The van der Waals surface area contributed by atoms with Crippen LogP contribution in [0.3, 0.4) is 0 Å². The average molecular weight is 418 g/mol. The molecule has 4 nitrogen and oxygen atoms in total. The molecule has 22 heavy (non-hydrogen) atoms. The van der Waals surface area contributed by atoms with E-state index in [9.17, 15) is 0 Å². The Morgan fingerprint density at radius 2 is 1.68 bits per heavy atom. The van der Waals surface area contributed by atoms with Gasteiger partial charge in [0.15, 0.2) is 5.96 Å². The summed E-state index contributed by atoms with van der Waals surface area (Å²) in [4.78, 5) is 6.38. The molecule has 0 atom stereocenters. The average Bonchev–Trinajstić information content (AvgIpc) is 2.51. The molecule has 0 aliphatic heterocycles. The summed E-state index contributed by atoms with van der Waals surface area (Å²) in [5.41, 5.74) is 2.47. The summed E-state index contributed by atoms with van der Waals surface area (Å²) in [6.45, 7) is 6.24. The van der Waals surface area contributed by atoms with Gasteiger partial charge in [0.25, 0.3) is 0 Å². The van der Waals surface area contributed by atoms with Crippen LogP contribution >= 0.6 is 24.0 Å². The first-order chi connectivity index (χ1) is 10.1. The zero-order valence-corrected chi connectivity index (χ0v) is 16.8. The topological polar surface area (TPSA) is 39.7 Å². The highest BCUT2D eigenvalue weighted by Crippen LogP contribution is 2.12. The van der Waals surface area contributed by atoms with Crippen molar-refractivity contribution in [2.45, 2.75) is 33.2 Å². The molecule has 0 heterocycles. The van der Waals surface area contributed by atoms with Crippen LogP contribution in [0, 0.1) is 5.92 Å². The van der Waals surface area contributed by atoms with Crippen molar-refractivity contribution in [1.82, 2.24) is 10.6 Å². The van der Waals surface area contributed by atoms with Crippen LogP contribution < -0.4 is 15.5 Å². The monoisotopic (exact) mass is 418 g/mol. The number of guanidine groups is 1. The first kappa shape index (κ1) is 21.0. The van der Waals surface area contributed by atoms with Crippen LogP contribution in [0.2, 0.25) is 0 Å². The maximum absolute atomic E-state index is 4.28. The molecule has 0 saturated heterocycles. The lowest BCUT2D eigenvalue weighted by Crippen LogP contribution is -2.39. The number of nitrogens with zero attached hydrogens (tertiary/aromatic N) is 2. The van der Waals surface area contributed by atoms with Crippen LogP contribution in [0.25, 0.3) is 0 Å². The second-order valence-electron chi connectivity index (χ2n) is 5.55. The molecule has 1 aromatic rings. The van der Waals surface area contributed by atoms with Gasteiger partial charge in [0.2, 0.25) is 0 Å². The van der Waals surface area contributed by atoms with Crippen molar-refractivity contribution in [2.75, 3.05) is 32.6 Å². The molecule has 0 amide bonds. The van der Waals surface area contributed by atoms with Gasteiger partial charge in [-0.05, 0) is 23.6 Å². The Balaban J connectivity index is 0.00000441. The maximum Gasteiger partial charge on any atom is 0.191 e. The Labute approximate surface area is 152 Å². The molecule has 0 saturated carbocycles. The fraction of sp³-hybridized carbons (Fsp3) is 0.588. The molecule has 0 aromatic heterocycles. The Bertz CT molecular complexity index is 425. The molecule has 5 heteroatoms. The summed E-state index contributed by atoms with van der Waals surface area (Å²) >= 11 is 0. The third-order valence-corrected chi connectivity index (χ3v) is 3.85. The van der Waals surface area contributed by atoms with Gasteiger partial charge in [-0.2, -0.15) is 0 Å². The molecule has 0 aliphatic rings. The van der Waals surface area contributed by atoms with Crippen LogP contribution in [0.5, 0.6) is 0 Å². The van der Waals surface area contributed by atoms with E-state index in [1.807, 2.05) is 7.05 Å². The molecule has 2 N–H and O–H groups in total. The first-order valence-electron chi connectivity index (χ1n) is 7.81. The van der Waals surface area contributed by atoms with Crippen molar-refractivity contribution in [3.8, 4) is 0 Å². The van der Waals surface area contributed by atoms with Crippen molar-refractivity contribution < 1.29 is 0 Å². The Kier molecular flexibility index (Phi) is 11.1. The molecule has 0 aliphatic carbocycles. The highest BCUT2D eigenvalue weighted by atomic mass is 127. The number of halogens is 1. The fourth-order valence-corrected chi connectivity index (χ4v) is 2.14. The zero-order valence-electron chi connectivity index (χ0n) is 14.5. The molecular weight excluding hydrogens is 387 g/mol. The molecule has 126 valence electrons. The van der Waals surface area contributed by atoms with Crippen LogP contribution in [0.4, 0.5) is 5.69 Å². The van der Waals surface area contributed by atoms with Gasteiger partial charge in [-0.3, -0.25) is 4.99 Å². The van der Waals surface area contributed by atoms with Crippen LogP contribution in [0.15, 0.2) is 29.3 Å². The van der Waals surface area contributed by atoms with Gasteiger partial charge in [0.1, 0.15) is 0 Å². The maximum atomic E-state index is 4.28. The first-order valence-corrected chi connectivity index (χ1v) is 7.81. The fourth-order valence-electron chi connectivity index (χ4n) is 2.14. The number of nitrogens with one attached hydrogen (secondary N) is 2. The number of hydrogen-bond donors (Lipinski definition) is 2. The standard InChI is InChI=1S/C17H30N4.HI/c1-6-14(7-2)12-19-17(18-3)20-13-15-8-10-16(11-9-15)21(4)5;/h8-11,14H,6-7,12-13H2,1-5H3,(H2,18,19,20);1H. The van der Waals surface area contributed by atoms with Gasteiger partial charge < -0.3 is 15.5 Å². The lowest BCUT2D eigenvalue weighted by molar-refractivity contribution is 0.481. The van der Waals surface area contributed by atoms with Crippen molar-refractivity contribution >= 4 is 35.6 Å². The molecule has 0 bridgehead atoms. The van der Waals surface area contributed by atoms with Crippen molar-refractivity contribution in [1.29, 1.82) is 0 Å². The van der Waals surface area contributed by atoms with E-state index in [1.54, 1.807) is 0 Å². The molecule has 0 fully saturated rings. The molecular formula is C17H31IN4. The van der Waals surface area contributed by atoms with E-state index in [0.29, 0.717) is 5.92 Å². The highest BCUT2D eigenvalue weighted by molar-refractivity contribution is 14.0. The van der Waals surface area contributed by atoms with Gasteiger partial charge >= 0.3 is 0 Å². The highest BCUT2D eigenvalue weighted by Gasteiger charge is 2.05. The normalized spacial score (nSPS) is 11.1. The van der Waals surface area contributed by atoms with Gasteiger partial charge in [0, 0.05) is 39.9 Å². The number of anilines is 1. The zero-order chi connectivity index (χ0) is 15.7. The Morgan fingerprint density at radius 1 is 1.09 bits per heavy atom. The van der Waals surface area contributed by atoms with Crippen LogP contribution in [-0.4, -0.2) is 33.6 Å². The largest absolute Gasteiger partial charge is 0.378 e. The second-order valence-corrected chi connectivity index (χ2v) is 5.55. The lowest BCUT2D eigenvalue weighted by atomic mass is 10.0. The number of aliphatic imine (C=N–C) groups is 1. The van der Waals surface area contributed by atoms with E-state index in [1.165, 1.54) is 24.1 Å². The van der Waals surface area contributed by atoms with Crippen molar-refractivity contribution in [3.05, 3.63) is 29.8 Å². The Morgan fingerprint density at radius 3 is 2.14 bits per heavy atom. The summed E-state index contributed by atoms with van der Waals surface area (Å²) in [5, 5.41) is 6.77. The molecule has 0 unspecified atom stereocenters. The minimum Gasteiger partial charge on any atom is -0.378 e. The molecule has 1 aromatic carbocycles. The predicted octanol–water partition coefficient (Wildman–Crippen LogP) is 3.47. The van der Waals surface area contributed by atoms with E-state index in [4.69, 9.17) is 0 Å². The summed E-state index contributed by atoms with van der Waals surface area (Å²) in [7, 11) is 5.92. The number of hydrogen-bond acceptors (Lipinski definition) is 2. The van der Waals surface area contributed by atoms with Crippen molar-refractivity contribution in [3.63, 3.8) is 0 Å². The summed E-state index contributed by atoms with van der Waals surface area (Å²) in [6, 6.07) is 8.57. The number of benzene rings is 1. The van der Waals surface area contributed by atoms with E-state index in [2.05, 4.69) is 72.7 Å². The molecule has 0 radical (unpaired) electrons. The minimum atomic E-state index is 0. The van der Waals surface area contributed by atoms with Gasteiger partial charge in [0.05, 0.1) is 0 Å². The molecule has 0 spiro atoms. The van der Waals surface area contributed by atoms with E-state index in [0.717, 1.165) is 19.0 Å². The second kappa shape index (κ2) is 11.6. The Hall–Kier alpha value is -0.980. The van der Waals surface area contributed by atoms with E-state index < -0.39 is 0 Å². The van der Waals surface area contributed by atoms with E-state index in [-0.39, 0.29) is 24.0 Å². The van der Waals surface area contributed by atoms with E-state index >= 15 is 0 Å². The lowest BCUT2D eigenvalue weighted by Gasteiger charge is -2.17. The summed E-state index contributed by atoms with van der Waals surface area (Å²) in [6.07, 6.45) is 2.40. The van der Waals surface area contributed by atoms with Gasteiger partial charge in [-0.1, -0.05) is 38.8 Å². The quantitative estimate of drug-likeness (QED) is 0.405. The molecule has 1 rings (SSSR count). The minimum absolute atomic E-state index is 0. The third-order valence-electron chi connectivity index (χ3n) is 3.85.